The van der Waals surface area contributed by atoms with Gasteiger partial charge in [0.1, 0.15) is 24.4 Å². The van der Waals surface area contributed by atoms with Crippen LogP contribution in [0.15, 0.2) is 109 Å². The van der Waals surface area contributed by atoms with Crippen LogP contribution in [0.5, 0.6) is 0 Å². The second kappa shape index (κ2) is 56.1. The van der Waals surface area contributed by atoms with E-state index in [0.29, 0.717) is 12.8 Å². The highest BCUT2D eigenvalue weighted by Gasteiger charge is 2.44. The summed E-state index contributed by atoms with van der Waals surface area (Å²) in [7, 11) is 0. The fourth-order valence-electron chi connectivity index (χ4n) is 9.37. The minimum atomic E-state index is -1.59. The highest BCUT2D eigenvalue weighted by atomic mass is 16.7. The quantitative estimate of drug-likeness (QED) is 0.0261. The summed E-state index contributed by atoms with van der Waals surface area (Å²) >= 11 is 0. The van der Waals surface area contributed by atoms with Crippen molar-refractivity contribution in [2.75, 3.05) is 13.2 Å². The van der Waals surface area contributed by atoms with Gasteiger partial charge >= 0.3 is 0 Å². The van der Waals surface area contributed by atoms with Crippen molar-refractivity contribution in [3.63, 3.8) is 0 Å². The summed E-state index contributed by atoms with van der Waals surface area (Å²) < 4.78 is 11.3. The molecule has 0 bridgehead atoms. The number of hydrogen-bond acceptors (Lipinski definition) is 8. The first-order valence-corrected chi connectivity index (χ1v) is 31.6. The molecule has 1 fully saturated rings. The molecule has 1 amide bonds. The standard InChI is InChI=1S/C68H117NO8/c1-3-5-7-9-11-13-15-17-19-21-23-25-27-28-29-30-31-32-33-34-36-37-39-41-43-45-47-49-51-53-55-57-62(71)61(60-76-68-67(75)66(74)65(73)63(59-70)77-68)69-64(72)58-56-54-52-50-48-46-44-42-40-38-35-26-24-22-20-18-16-14-12-10-8-6-4-2/h6,8,12,14,18,20,24,26,38-41,44,46-47,49,55,57,61-63,65-68,70-71,73-75H,3-5,7,9-11,13,15-17,19,21-23,25,27-37,42-43,45,48,50-54,56,58-60H2,1-2H3,(H,69,72)/b8-6-,14-12-,20-18-,26-24-,40-38-,41-39+,46-44-,49-47+,57-55+. The predicted molar refractivity (Wildman–Crippen MR) is 327 cm³/mol. The molecule has 1 rings (SSSR count). The van der Waals surface area contributed by atoms with Crippen LogP contribution in [0.3, 0.4) is 0 Å². The number of hydrogen-bond donors (Lipinski definition) is 6. The van der Waals surface area contributed by atoms with E-state index in [1.165, 1.54) is 135 Å². The normalized spacial score (nSPS) is 19.5. The number of unbranched alkanes of at least 4 members (excludes halogenated alkanes) is 27. The number of carbonyl (C=O) groups is 1. The number of nitrogens with one attached hydrogen (secondary N) is 1. The molecule has 77 heavy (non-hydrogen) atoms. The molecule has 6 N–H and O–H groups in total. The first-order chi connectivity index (χ1) is 37.8. The molecule has 1 aliphatic rings. The monoisotopic (exact) mass is 1080 g/mol. The predicted octanol–water partition coefficient (Wildman–Crippen LogP) is 16.5. The summed E-state index contributed by atoms with van der Waals surface area (Å²) in [5.41, 5.74) is 0. The second-order valence-corrected chi connectivity index (χ2v) is 21.4. The molecule has 0 radical (unpaired) electrons. The lowest BCUT2D eigenvalue weighted by Crippen LogP contribution is -2.60. The molecule has 442 valence electrons. The summed E-state index contributed by atoms with van der Waals surface area (Å²) in [6, 6.07) is -0.852. The molecule has 9 nitrogen and oxygen atoms in total. The largest absolute Gasteiger partial charge is 0.394 e. The second-order valence-electron chi connectivity index (χ2n) is 21.4. The lowest BCUT2D eigenvalue weighted by atomic mass is 9.99. The number of aliphatic hydroxyl groups excluding tert-OH is 5. The Kier molecular flexibility index (Phi) is 52.4. The summed E-state index contributed by atoms with van der Waals surface area (Å²) in [6.07, 6.45) is 76.0. The van der Waals surface area contributed by atoms with Crippen LogP contribution >= 0.6 is 0 Å². The van der Waals surface area contributed by atoms with Gasteiger partial charge in [0, 0.05) is 6.42 Å². The Balaban J connectivity index is 2.25. The van der Waals surface area contributed by atoms with E-state index in [4.69, 9.17) is 9.47 Å². The molecule has 0 aromatic rings. The number of carbonyl (C=O) groups excluding carboxylic acids is 1. The molecular weight excluding hydrogens is 959 g/mol. The Morgan fingerprint density at radius 1 is 0.455 bits per heavy atom. The number of amides is 1. The average molecular weight is 1080 g/mol. The van der Waals surface area contributed by atoms with Gasteiger partial charge in [-0.25, -0.2) is 0 Å². The van der Waals surface area contributed by atoms with E-state index in [9.17, 15) is 30.3 Å². The van der Waals surface area contributed by atoms with E-state index in [-0.39, 0.29) is 12.5 Å². The molecule has 1 aliphatic heterocycles. The molecule has 7 atom stereocenters. The van der Waals surface area contributed by atoms with Crippen LogP contribution in [0.1, 0.15) is 258 Å². The minimum absolute atomic E-state index is 0.218. The van der Waals surface area contributed by atoms with Crippen molar-refractivity contribution in [1.82, 2.24) is 5.32 Å². The maximum atomic E-state index is 13.1. The van der Waals surface area contributed by atoms with Crippen LogP contribution < -0.4 is 5.32 Å². The van der Waals surface area contributed by atoms with Crippen LogP contribution in [-0.4, -0.2) is 87.5 Å². The maximum Gasteiger partial charge on any atom is 0.220 e. The Hall–Kier alpha value is -3.15. The summed E-state index contributed by atoms with van der Waals surface area (Å²) in [6.45, 7) is 3.64. The average Bonchev–Trinajstić information content (AvgIpc) is 3.43. The van der Waals surface area contributed by atoms with Crippen LogP contribution in [0, 0.1) is 0 Å². The van der Waals surface area contributed by atoms with Crippen molar-refractivity contribution in [2.24, 2.45) is 0 Å². The Labute approximate surface area is 472 Å². The molecule has 0 aliphatic carbocycles. The van der Waals surface area contributed by atoms with E-state index in [2.05, 4.69) is 116 Å². The number of allylic oxidation sites excluding steroid dienone is 17. The fourth-order valence-corrected chi connectivity index (χ4v) is 9.37. The molecule has 0 aromatic heterocycles. The number of rotatable bonds is 53. The Morgan fingerprint density at radius 3 is 1.25 bits per heavy atom. The highest BCUT2D eigenvalue weighted by molar-refractivity contribution is 5.76. The van der Waals surface area contributed by atoms with E-state index < -0.39 is 49.5 Å². The van der Waals surface area contributed by atoms with Gasteiger partial charge in [0.05, 0.1) is 25.4 Å². The third kappa shape index (κ3) is 45.3. The molecule has 9 heteroatoms. The third-order valence-corrected chi connectivity index (χ3v) is 14.3. The van der Waals surface area contributed by atoms with E-state index in [0.717, 1.165) is 96.3 Å². The zero-order chi connectivity index (χ0) is 55.8. The van der Waals surface area contributed by atoms with E-state index in [1.54, 1.807) is 6.08 Å². The van der Waals surface area contributed by atoms with Crippen LogP contribution in [0.2, 0.25) is 0 Å². The topological polar surface area (TPSA) is 149 Å². The SMILES string of the molecule is CC/C=C\C/C=C\C/C=C\C/C=C\C/C=C\C/C=C\CCCCCCC(=O)NC(COC1OC(CO)C(O)C(O)C1O)C(O)/C=C/CC/C=C/CC/C=C/CCCCCCCCCCCCCCCCCCCCCCC. The summed E-state index contributed by atoms with van der Waals surface area (Å²) in [5.74, 6) is -0.218. The van der Waals surface area contributed by atoms with E-state index in [1.807, 2.05) is 6.08 Å². The van der Waals surface area contributed by atoms with Crippen molar-refractivity contribution in [3.8, 4) is 0 Å². The zero-order valence-corrected chi connectivity index (χ0v) is 49.2. The zero-order valence-electron chi connectivity index (χ0n) is 49.2. The van der Waals surface area contributed by atoms with Gasteiger partial charge in [-0.15, -0.1) is 0 Å². The molecule has 0 aromatic carbocycles. The van der Waals surface area contributed by atoms with Crippen molar-refractivity contribution in [2.45, 2.75) is 301 Å². The van der Waals surface area contributed by atoms with Crippen LogP contribution in [-0.2, 0) is 14.3 Å². The molecule has 7 unspecified atom stereocenters. The maximum absolute atomic E-state index is 13.1. The number of ether oxygens (including phenoxy) is 2. The summed E-state index contributed by atoms with van der Waals surface area (Å²) in [5, 5.41) is 54.6. The first kappa shape index (κ1) is 71.9. The smallest absolute Gasteiger partial charge is 0.220 e. The fraction of sp³-hybridized carbons (Fsp3) is 0.721. The van der Waals surface area contributed by atoms with Crippen molar-refractivity contribution >= 4 is 5.91 Å². The Bertz CT molecular complexity index is 1580. The van der Waals surface area contributed by atoms with E-state index >= 15 is 0 Å². The van der Waals surface area contributed by atoms with Gasteiger partial charge < -0.3 is 40.3 Å². The van der Waals surface area contributed by atoms with Gasteiger partial charge in [0.25, 0.3) is 0 Å². The van der Waals surface area contributed by atoms with Gasteiger partial charge in [0.15, 0.2) is 6.29 Å². The van der Waals surface area contributed by atoms with Gasteiger partial charge in [-0.2, -0.15) is 0 Å². The van der Waals surface area contributed by atoms with Gasteiger partial charge in [-0.05, 0) is 96.3 Å². The molecule has 1 heterocycles. The minimum Gasteiger partial charge on any atom is -0.394 e. The van der Waals surface area contributed by atoms with Crippen LogP contribution in [0.4, 0.5) is 0 Å². The van der Waals surface area contributed by atoms with Gasteiger partial charge in [-0.3, -0.25) is 4.79 Å². The van der Waals surface area contributed by atoms with Crippen LogP contribution in [0.25, 0.3) is 0 Å². The molecule has 0 saturated carbocycles. The molecular formula is C68H117NO8. The molecule has 0 spiro atoms. The third-order valence-electron chi connectivity index (χ3n) is 14.3. The molecule has 1 saturated heterocycles. The van der Waals surface area contributed by atoms with Gasteiger partial charge in [0.2, 0.25) is 5.91 Å². The lowest BCUT2D eigenvalue weighted by Gasteiger charge is -2.40. The highest BCUT2D eigenvalue weighted by Crippen LogP contribution is 2.23. The van der Waals surface area contributed by atoms with Crippen molar-refractivity contribution < 1.29 is 39.8 Å². The summed E-state index contributed by atoms with van der Waals surface area (Å²) in [4.78, 5) is 13.1. The lowest BCUT2D eigenvalue weighted by molar-refractivity contribution is -0.302. The van der Waals surface area contributed by atoms with Crippen molar-refractivity contribution in [3.05, 3.63) is 109 Å². The van der Waals surface area contributed by atoms with Gasteiger partial charge in [-0.1, -0.05) is 264 Å². The van der Waals surface area contributed by atoms with Crippen molar-refractivity contribution in [1.29, 1.82) is 0 Å². The first-order valence-electron chi connectivity index (χ1n) is 31.6. The number of aliphatic hydroxyl groups is 5. The Morgan fingerprint density at radius 2 is 0.818 bits per heavy atom.